The van der Waals surface area contributed by atoms with Gasteiger partial charge in [-0.05, 0) is 12.8 Å². The SMILES string of the molecule is CCC(C)SC(=S)SC(C)(C)CC. The second-order valence-electron chi connectivity index (χ2n) is 3.80. The van der Waals surface area contributed by atoms with E-state index in [1.165, 1.54) is 12.8 Å². The molecule has 1 atom stereocenters. The second-order valence-corrected chi connectivity index (χ2v) is 8.15. The summed E-state index contributed by atoms with van der Waals surface area (Å²) in [6, 6.07) is 0. The Kier molecular flexibility index (Phi) is 6.69. The number of thiocarbonyl (C=S) groups is 1. The highest BCUT2D eigenvalue weighted by atomic mass is 32.2. The van der Waals surface area contributed by atoms with Gasteiger partial charge in [0.2, 0.25) is 0 Å². The van der Waals surface area contributed by atoms with Crippen LogP contribution in [-0.4, -0.2) is 13.5 Å². The maximum absolute atomic E-state index is 5.34. The molecule has 0 rings (SSSR count). The van der Waals surface area contributed by atoms with Crippen LogP contribution in [0.5, 0.6) is 0 Å². The van der Waals surface area contributed by atoms with Gasteiger partial charge in [-0.25, -0.2) is 0 Å². The zero-order chi connectivity index (χ0) is 10.5. The van der Waals surface area contributed by atoms with E-state index in [1.807, 2.05) is 23.5 Å². The van der Waals surface area contributed by atoms with E-state index in [4.69, 9.17) is 12.2 Å². The van der Waals surface area contributed by atoms with Gasteiger partial charge in [-0.1, -0.05) is 46.8 Å². The minimum Gasteiger partial charge on any atom is -0.105 e. The minimum atomic E-state index is 0.303. The first-order chi connectivity index (χ1) is 5.91. The largest absolute Gasteiger partial charge is 0.105 e. The van der Waals surface area contributed by atoms with Crippen molar-refractivity contribution in [3.8, 4) is 0 Å². The summed E-state index contributed by atoms with van der Waals surface area (Å²) in [6.45, 7) is 11.2. The van der Waals surface area contributed by atoms with Crippen molar-refractivity contribution in [3.63, 3.8) is 0 Å². The van der Waals surface area contributed by atoms with Crippen LogP contribution >= 0.6 is 35.7 Å². The highest BCUT2D eigenvalue weighted by molar-refractivity contribution is 8.47. The van der Waals surface area contributed by atoms with Crippen LogP contribution in [0.15, 0.2) is 0 Å². The molecule has 0 nitrogen and oxygen atoms in total. The molecule has 0 saturated carbocycles. The van der Waals surface area contributed by atoms with Crippen molar-refractivity contribution < 1.29 is 0 Å². The van der Waals surface area contributed by atoms with Gasteiger partial charge in [0.25, 0.3) is 0 Å². The summed E-state index contributed by atoms with van der Waals surface area (Å²) in [5.41, 5.74) is 0. The molecule has 0 bridgehead atoms. The van der Waals surface area contributed by atoms with Crippen molar-refractivity contribution in [2.24, 2.45) is 0 Å². The van der Waals surface area contributed by atoms with Crippen molar-refractivity contribution in [3.05, 3.63) is 0 Å². The van der Waals surface area contributed by atoms with E-state index in [0.29, 0.717) is 10.00 Å². The van der Waals surface area contributed by atoms with Crippen LogP contribution in [0.25, 0.3) is 0 Å². The average molecular weight is 236 g/mol. The first-order valence-electron chi connectivity index (χ1n) is 4.81. The Morgan fingerprint density at radius 3 is 2.31 bits per heavy atom. The fourth-order valence-electron chi connectivity index (χ4n) is 0.569. The topological polar surface area (TPSA) is 0 Å². The Morgan fingerprint density at radius 2 is 1.92 bits per heavy atom. The smallest absolute Gasteiger partial charge is 0.105 e. The molecule has 0 aromatic rings. The molecule has 0 aliphatic heterocycles. The Labute approximate surface area is 96.6 Å². The Morgan fingerprint density at radius 1 is 1.38 bits per heavy atom. The van der Waals surface area contributed by atoms with Crippen LogP contribution in [0.4, 0.5) is 0 Å². The van der Waals surface area contributed by atoms with E-state index < -0.39 is 0 Å². The zero-order valence-electron chi connectivity index (χ0n) is 9.22. The Hall–Kier alpha value is 0.790. The number of thioether (sulfide) groups is 2. The van der Waals surface area contributed by atoms with Crippen LogP contribution in [0.1, 0.15) is 47.5 Å². The predicted molar refractivity (Wildman–Crippen MR) is 71.9 cm³/mol. The molecule has 3 heteroatoms. The third kappa shape index (κ3) is 6.81. The molecular formula is C10H20S3. The van der Waals surface area contributed by atoms with Gasteiger partial charge in [-0.15, -0.1) is 23.5 Å². The lowest BCUT2D eigenvalue weighted by molar-refractivity contribution is 0.689. The average Bonchev–Trinajstić information content (AvgIpc) is 2.03. The molecule has 0 aliphatic rings. The van der Waals surface area contributed by atoms with Crippen molar-refractivity contribution in [1.82, 2.24) is 0 Å². The standard InChI is InChI=1S/C10H20S3/c1-6-8(3)12-9(11)13-10(4,5)7-2/h8H,6-7H2,1-5H3. The summed E-state index contributed by atoms with van der Waals surface area (Å²) >= 11 is 9.01. The van der Waals surface area contributed by atoms with E-state index in [1.54, 1.807) is 0 Å². The van der Waals surface area contributed by atoms with Gasteiger partial charge in [0, 0.05) is 10.00 Å². The van der Waals surface area contributed by atoms with E-state index in [9.17, 15) is 0 Å². The quantitative estimate of drug-likeness (QED) is 0.648. The van der Waals surface area contributed by atoms with Gasteiger partial charge in [-0.2, -0.15) is 0 Å². The van der Waals surface area contributed by atoms with Crippen LogP contribution < -0.4 is 0 Å². The number of rotatable bonds is 4. The molecule has 0 aromatic carbocycles. The molecule has 0 radical (unpaired) electrons. The minimum absolute atomic E-state index is 0.303. The fraction of sp³-hybridized carbons (Fsp3) is 0.900. The van der Waals surface area contributed by atoms with E-state index in [0.717, 1.165) is 3.53 Å². The van der Waals surface area contributed by atoms with E-state index >= 15 is 0 Å². The van der Waals surface area contributed by atoms with Gasteiger partial charge in [-0.3, -0.25) is 0 Å². The van der Waals surface area contributed by atoms with Gasteiger partial charge in [0.15, 0.2) is 0 Å². The molecule has 0 aromatic heterocycles. The highest BCUT2D eigenvalue weighted by Gasteiger charge is 2.19. The molecular weight excluding hydrogens is 216 g/mol. The van der Waals surface area contributed by atoms with Gasteiger partial charge < -0.3 is 0 Å². The highest BCUT2D eigenvalue weighted by Crippen LogP contribution is 2.34. The zero-order valence-corrected chi connectivity index (χ0v) is 11.7. The third-order valence-electron chi connectivity index (χ3n) is 2.08. The van der Waals surface area contributed by atoms with Crippen LogP contribution in [0, 0.1) is 0 Å². The molecule has 0 N–H and O–H groups in total. The molecule has 0 heterocycles. The summed E-state index contributed by atoms with van der Waals surface area (Å²) in [7, 11) is 0. The normalized spacial score (nSPS) is 14.2. The van der Waals surface area contributed by atoms with Gasteiger partial charge in [0.1, 0.15) is 3.53 Å². The molecule has 78 valence electrons. The molecule has 0 saturated heterocycles. The summed E-state index contributed by atoms with van der Waals surface area (Å²) in [5.74, 6) is 0. The Balaban J connectivity index is 3.87. The summed E-state index contributed by atoms with van der Waals surface area (Å²) < 4.78 is 1.40. The number of hydrogen-bond acceptors (Lipinski definition) is 3. The first-order valence-corrected chi connectivity index (χ1v) is 6.91. The van der Waals surface area contributed by atoms with E-state index in [2.05, 4.69) is 34.6 Å². The fourth-order valence-corrected chi connectivity index (χ4v) is 4.19. The lowest BCUT2D eigenvalue weighted by Crippen LogP contribution is -2.14. The lowest BCUT2D eigenvalue weighted by atomic mass is 10.1. The molecule has 0 aliphatic carbocycles. The second kappa shape index (κ2) is 6.31. The van der Waals surface area contributed by atoms with E-state index in [-0.39, 0.29) is 0 Å². The van der Waals surface area contributed by atoms with Crippen LogP contribution in [-0.2, 0) is 0 Å². The maximum atomic E-state index is 5.34. The molecule has 0 spiro atoms. The third-order valence-corrected chi connectivity index (χ3v) is 5.10. The van der Waals surface area contributed by atoms with Crippen molar-refractivity contribution in [2.45, 2.75) is 57.5 Å². The summed E-state index contributed by atoms with van der Waals surface area (Å²) in [6.07, 6.45) is 2.36. The van der Waals surface area contributed by atoms with Gasteiger partial charge >= 0.3 is 0 Å². The molecule has 0 fully saturated rings. The monoisotopic (exact) mass is 236 g/mol. The summed E-state index contributed by atoms with van der Waals surface area (Å²) in [4.78, 5) is 0. The lowest BCUT2D eigenvalue weighted by Gasteiger charge is -2.22. The van der Waals surface area contributed by atoms with Crippen molar-refractivity contribution in [1.29, 1.82) is 0 Å². The maximum Gasteiger partial charge on any atom is 0.105 e. The Bertz CT molecular complexity index is 164. The van der Waals surface area contributed by atoms with Crippen LogP contribution in [0.3, 0.4) is 0 Å². The molecule has 1 unspecified atom stereocenters. The van der Waals surface area contributed by atoms with Crippen molar-refractivity contribution >= 4 is 39.3 Å². The molecule has 0 amide bonds. The predicted octanol–water partition coefficient (Wildman–Crippen LogP) is 4.72. The van der Waals surface area contributed by atoms with Crippen LogP contribution in [0.2, 0.25) is 0 Å². The first kappa shape index (κ1) is 13.8. The summed E-state index contributed by atoms with van der Waals surface area (Å²) in [5, 5.41) is 0.660. The van der Waals surface area contributed by atoms with Gasteiger partial charge in [0.05, 0.1) is 0 Å². The van der Waals surface area contributed by atoms with Crippen molar-refractivity contribution in [2.75, 3.05) is 0 Å². The molecule has 13 heavy (non-hydrogen) atoms. The number of hydrogen-bond donors (Lipinski definition) is 0.